The fraction of sp³-hybridized carbons (Fsp3) is 0.227. The van der Waals surface area contributed by atoms with E-state index in [1.54, 1.807) is 25.1 Å². The van der Waals surface area contributed by atoms with Crippen molar-refractivity contribution >= 4 is 34.7 Å². The number of amides is 1. The lowest BCUT2D eigenvalue weighted by Gasteiger charge is -2.09. The molecule has 0 aliphatic carbocycles. The molecule has 4 rings (SSSR count). The van der Waals surface area contributed by atoms with E-state index >= 15 is 0 Å². The van der Waals surface area contributed by atoms with E-state index in [1.807, 2.05) is 42.9 Å². The van der Waals surface area contributed by atoms with E-state index in [2.05, 4.69) is 5.32 Å². The van der Waals surface area contributed by atoms with Crippen molar-refractivity contribution in [3.63, 3.8) is 0 Å². The third-order valence-corrected chi connectivity index (χ3v) is 6.46. The van der Waals surface area contributed by atoms with Crippen molar-refractivity contribution in [2.24, 2.45) is 0 Å². The van der Waals surface area contributed by atoms with E-state index in [0.29, 0.717) is 11.1 Å². The van der Waals surface area contributed by atoms with Crippen LogP contribution in [-0.4, -0.2) is 28.8 Å². The standard InChI is InChI=1S/C22H20N2O4S/c1-12-14(3)29-21(24-8-4-5-9-24)19(12)22(27)28-11-18(25)15-6-7-17-16(10-15)13(2)20(26)23-17/h4-10,13H,11H2,1-3H3,(H,23,26)/t13-/m1/s1. The number of benzene rings is 1. The van der Waals surface area contributed by atoms with Crippen LogP contribution in [0.1, 0.15) is 49.6 Å². The zero-order chi connectivity index (χ0) is 20.7. The van der Waals surface area contributed by atoms with Crippen LogP contribution in [0.25, 0.3) is 5.00 Å². The number of ether oxygens (including phenoxy) is 1. The first-order chi connectivity index (χ1) is 13.9. The number of nitrogens with zero attached hydrogens (tertiary/aromatic N) is 1. The zero-order valence-corrected chi connectivity index (χ0v) is 17.1. The van der Waals surface area contributed by atoms with Gasteiger partial charge in [-0.2, -0.15) is 0 Å². The number of esters is 1. The average molecular weight is 408 g/mol. The van der Waals surface area contributed by atoms with Gasteiger partial charge in [-0.1, -0.05) is 0 Å². The fourth-order valence-corrected chi connectivity index (χ4v) is 4.49. The summed E-state index contributed by atoms with van der Waals surface area (Å²) in [5.41, 5.74) is 3.26. The minimum absolute atomic E-state index is 0.0862. The van der Waals surface area contributed by atoms with Crippen LogP contribution in [0.15, 0.2) is 42.7 Å². The molecule has 0 radical (unpaired) electrons. The minimum atomic E-state index is -0.518. The lowest BCUT2D eigenvalue weighted by Crippen LogP contribution is -2.16. The van der Waals surface area contributed by atoms with Gasteiger partial charge in [-0.3, -0.25) is 9.59 Å². The Labute approximate surface area is 172 Å². The highest BCUT2D eigenvalue weighted by atomic mass is 32.1. The molecule has 1 N–H and O–H groups in total. The summed E-state index contributed by atoms with van der Waals surface area (Å²) in [5.74, 6) is -1.21. The van der Waals surface area contributed by atoms with Crippen LogP contribution in [0.4, 0.5) is 5.69 Å². The van der Waals surface area contributed by atoms with Gasteiger partial charge in [-0.15, -0.1) is 11.3 Å². The molecule has 0 saturated carbocycles. The molecule has 0 saturated heterocycles. The number of hydrogen-bond donors (Lipinski definition) is 1. The number of anilines is 1. The molecule has 1 aliphatic rings. The Morgan fingerprint density at radius 3 is 2.66 bits per heavy atom. The Balaban J connectivity index is 1.51. The molecule has 0 spiro atoms. The van der Waals surface area contributed by atoms with Crippen LogP contribution >= 0.6 is 11.3 Å². The van der Waals surface area contributed by atoms with Crippen molar-refractivity contribution < 1.29 is 19.1 Å². The maximum absolute atomic E-state index is 12.8. The number of Topliss-reactive ketones (excluding diaryl/α,β-unsaturated/α-hetero) is 1. The second-order valence-corrected chi connectivity index (χ2v) is 8.27. The normalized spacial score (nSPS) is 15.1. The number of ketones is 1. The summed E-state index contributed by atoms with van der Waals surface area (Å²) in [4.78, 5) is 38.2. The minimum Gasteiger partial charge on any atom is -0.454 e. The topological polar surface area (TPSA) is 77.4 Å². The Bertz CT molecular complexity index is 1130. The van der Waals surface area contributed by atoms with Gasteiger partial charge in [0.1, 0.15) is 5.00 Å². The van der Waals surface area contributed by atoms with Gasteiger partial charge in [0.15, 0.2) is 12.4 Å². The van der Waals surface area contributed by atoms with Crippen molar-refractivity contribution in [2.45, 2.75) is 26.7 Å². The predicted octanol–water partition coefficient (Wildman–Crippen LogP) is 4.25. The van der Waals surface area contributed by atoms with Crippen molar-refractivity contribution in [3.8, 4) is 5.00 Å². The van der Waals surface area contributed by atoms with Gasteiger partial charge >= 0.3 is 5.97 Å². The van der Waals surface area contributed by atoms with Crippen LogP contribution in [0, 0.1) is 13.8 Å². The van der Waals surface area contributed by atoms with Gasteiger partial charge in [0.05, 0.1) is 11.5 Å². The van der Waals surface area contributed by atoms with Crippen molar-refractivity contribution in [2.75, 3.05) is 11.9 Å². The Kier molecular flexibility index (Phi) is 4.84. The summed E-state index contributed by atoms with van der Waals surface area (Å²) in [5, 5.41) is 3.55. The highest BCUT2D eigenvalue weighted by Gasteiger charge is 2.28. The largest absolute Gasteiger partial charge is 0.454 e. The van der Waals surface area contributed by atoms with Gasteiger partial charge in [-0.25, -0.2) is 4.79 Å². The maximum atomic E-state index is 12.8. The molecule has 6 nitrogen and oxygen atoms in total. The highest BCUT2D eigenvalue weighted by Crippen LogP contribution is 2.33. The van der Waals surface area contributed by atoms with E-state index < -0.39 is 5.97 Å². The average Bonchev–Trinajstić information content (AvgIpc) is 3.40. The fourth-order valence-electron chi connectivity index (χ4n) is 3.38. The number of nitrogens with one attached hydrogen (secondary N) is 1. The molecule has 7 heteroatoms. The third kappa shape index (κ3) is 3.38. The number of fused-ring (bicyclic) bond motifs is 1. The molecule has 0 bridgehead atoms. The second kappa shape index (κ2) is 7.33. The summed E-state index contributed by atoms with van der Waals surface area (Å²) in [6.45, 7) is 5.27. The summed E-state index contributed by atoms with van der Waals surface area (Å²) in [6, 6.07) is 8.81. The molecule has 1 aromatic carbocycles. The van der Waals surface area contributed by atoms with E-state index in [1.165, 1.54) is 11.3 Å². The monoisotopic (exact) mass is 408 g/mol. The Morgan fingerprint density at radius 2 is 1.93 bits per heavy atom. The van der Waals surface area contributed by atoms with Crippen LogP contribution < -0.4 is 5.32 Å². The van der Waals surface area contributed by atoms with E-state index in [0.717, 1.165) is 26.7 Å². The molecule has 148 valence electrons. The number of aryl methyl sites for hydroxylation is 1. The van der Waals surface area contributed by atoms with Gasteiger partial charge in [0, 0.05) is 28.5 Å². The van der Waals surface area contributed by atoms with Crippen LogP contribution in [-0.2, 0) is 9.53 Å². The first-order valence-corrected chi connectivity index (χ1v) is 10.1. The van der Waals surface area contributed by atoms with Crippen molar-refractivity contribution in [1.29, 1.82) is 0 Å². The van der Waals surface area contributed by atoms with Gasteiger partial charge < -0.3 is 14.6 Å². The number of thiophene rings is 1. The molecular formula is C22H20N2O4S. The van der Waals surface area contributed by atoms with Gasteiger partial charge in [-0.05, 0) is 62.2 Å². The number of aromatic nitrogens is 1. The van der Waals surface area contributed by atoms with Gasteiger partial charge in [0.2, 0.25) is 5.91 Å². The number of carbonyl (C=O) groups is 3. The lowest BCUT2D eigenvalue weighted by molar-refractivity contribution is -0.116. The zero-order valence-electron chi connectivity index (χ0n) is 16.3. The lowest BCUT2D eigenvalue weighted by atomic mass is 9.99. The number of carbonyl (C=O) groups excluding carboxylic acids is 3. The number of hydrogen-bond acceptors (Lipinski definition) is 5. The number of rotatable bonds is 5. The van der Waals surface area contributed by atoms with Crippen LogP contribution in [0.3, 0.4) is 0 Å². The van der Waals surface area contributed by atoms with Crippen molar-refractivity contribution in [1.82, 2.24) is 4.57 Å². The van der Waals surface area contributed by atoms with E-state index in [9.17, 15) is 14.4 Å². The summed E-state index contributed by atoms with van der Waals surface area (Å²) < 4.78 is 7.24. The van der Waals surface area contributed by atoms with Crippen LogP contribution in [0.2, 0.25) is 0 Å². The SMILES string of the molecule is Cc1sc(-n2cccc2)c(C(=O)OCC(=O)c2ccc3c(c2)[C@@H](C)C(=O)N3)c1C. The summed E-state index contributed by atoms with van der Waals surface area (Å²) in [7, 11) is 0. The molecule has 3 heterocycles. The van der Waals surface area contributed by atoms with Gasteiger partial charge in [0.25, 0.3) is 0 Å². The third-order valence-electron chi connectivity index (χ3n) is 5.24. The molecule has 0 unspecified atom stereocenters. The molecule has 0 fully saturated rings. The van der Waals surface area contributed by atoms with E-state index in [4.69, 9.17) is 4.74 Å². The second-order valence-electron chi connectivity index (χ2n) is 7.07. The molecular weight excluding hydrogens is 388 g/mol. The quantitative estimate of drug-likeness (QED) is 0.506. The molecule has 1 amide bonds. The molecule has 1 aliphatic heterocycles. The molecule has 29 heavy (non-hydrogen) atoms. The molecule has 3 aromatic rings. The van der Waals surface area contributed by atoms with E-state index in [-0.39, 0.29) is 24.2 Å². The molecule has 1 atom stereocenters. The summed E-state index contributed by atoms with van der Waals surface area (Å²) >= 11 is 1.51. The maximum Gasteiger partial charge on any atom is 0.341 e. The highest BCUT2D eigenvalue weighted by molar-refractivity contribution is 7.15. The van der Waals surface area contributed by atoms with Crippen molar-refractivity contribution in [3.05, 3.63) is 69.9 Å². The predicted molar refractivity (Wildman–Crippen MR) is 111 cm³/mol. The Morgan fingerprint density at radius 1 is 1.21 bits per heavy atom. The van der Waals surface area contributed by atoms with Crippen LogP contribution in [0.5, 0.6) is 0 Å². The Hall–Kier alpha value is -3.19. The smallest absolute Gasteiger partial charge is 0.341 e. The first kappa shape index (κ1) is 19.1. The summed E-state index contributed by atoms with van der Waals surface area (Å²) in [6.07, 6.45) is 3.74. The first-order valence-electron chi connectivity index (χ1n) is 9.25. The molecule has 2 aromatic heterocycles.